The summed E-state index contributed by atoms with van der Waals surface area (Å²) in [5, 5.41) is 10.9. The van der Waals surface area contributed by atoms with E-state index in [9.17, 15) is 13.6 Å². The van der Waals surface area contributed by atoms with E-state index in [1.165, 1.54) is 6.07 Å². The lowest BCUT2D eigenvalue weighted by atomic mass is 10.4. The first-order chi connectivity index (χ1) is 10.9. The molecule has 1 N–H and O–H groups in total. The molecule has 126 valence electrons. The van der Waals surface area contributed by atoms with Crippen molar-refractivity contribution in [1.82, 2.24) is 24.9 Å². The molecule has 2 aromatic heterocycles. The van der Waals surface area contributed by atoms with E-state index < -0.39 is 6.43 Å². The number of aryl methyl sites for hydroxylation is 3. The van der Waals surface area contributed by atoms with Crippen LogP contribution in [0.3, 0.4) is 0 Å². The molecule has 0 atom stereocenters. The Morgan fingerprint density at radius 3 is 2.74 bits per heavy atom. The number of nitrogens with zero attached hydrogens (tertiary/aromatic N) is 4. The molecule has 0 aliphatic heterocycles. The predicted octanol–water partition coefficient (Wildman–Crippen LogP) is 2.60. The Morgan fingerprint density at radius 1 is 1.39 bits per heavy atom. The Bertz CT molecular complexity index is 663. The van der Waals surface area contributed by atoms with Gasteiger partial charge in [0.1, 0.15) is 12.2 Å². The fraction of sp³-hybridized carbons (Fsp3) is 0.500. The van der Waals surface area contributed by atoms with Crippen molar-refractivity contribution < 1.29 is 13.6 Å². The summed E-state index contributed by atoms with van der Waals surface area (Å²) in [5.41, 5.74) is 1.13. The Labute approximate surface area is 141 Å². The highest BCUT2D eigenvalue weighted by molar-refractivity contribution is 9.10. The number of alkyl halides is 2. The van der Waals surface area contributed by atoms with Crippen LogP contribution in [0.5, 0.6) is 0 Å². The molecule has 0 spiro atoms. The third-order valence-corrected chi connectivity index (χ3v) is 4.00. The largest absolute Gasteiger partial charge is 0.354 e. The zero-order chi connectivity index (χ0) is 17.0. The highest BCUT2D eigenvalue weighted by atomic mass is 79.9. The molecule has 0 fully saturated rings. The van der Waals surface area contributed by atoms with E-state index in [1.807, 2.05) is 13.1 Å². The van der Waals surface area contributed by atoms with Gasteiger partial charge in [0.2, 0.25) is 5.91 Å². The predicted molar refractivity (Wildman–Crippen MR) is 84.2 cm³/mol. The number of halogens is 3. The van der Waals surface area contributed by atoms with Gasteiger partial charge in [-0.05, 0) is 42.3 Å². The van der Waals surface area contributed by atoms with Crippen molar-refractivity contribution in [1.29, 1.82) is 0 Å². The van der Waals surface area contributed by atoms with Crippen molar-refractivity contribution in [2.24, 2.45) is 0 Å². The minimum atomic E-state index is -2.65. The van der Waals surface area contributed by atoms with E-state index in [2.05, 4.69) is 31.4 Å². The number of carbonyl (C=O) groups is 1. The van der Waals surface area contributed by atoms with Gasteiger partial charge in [0.25, 0.3) is 6.43 Å². The first-order valence-corrected chi connectivity index (χ1v) is 7.95. The molecule has 0 bridgehead atoms. The molecule has 0 saturated carbocycles. The van der Waals surface area contributed by atoms with Gasteiger partial charge < -0.3 is 5.32 Å². The van der Waals surface area contributed by atoms with Crippen LogP contribution in [0, 0.1) is 13.8 Å². The van der Waals surface area contributed by atoms with Crippen LogP contribution in [0.25, 0.3) is 0 Å². The Kier molecular flexibility index (Phi) is 5.86. The van der Waals surface area contributed by atoms with Gasteiger partial charge in [-0.1, -0.05) is 0 Å². The molecular weight excluding hydrogens is 372 g/mol. The van der Waals surface area contributed by atoms with Crippen LogP contribution in [-0.2, 0) is 17.9 Å². The van der Waals surface area contributed by atoms with Gasteiger partial charge >= 0.3 is 0 Å². The lowest BCUT2D eigenvalue weighted by Crippen LogP contribution is -2.30. The summed E-state index contributed by atoms with van der Waals surface area (Å²) in [4.78, 5) is 11.8. The quantitative estimate of drug-likeness (QED) is 0.740. The van der Waals surface area contributed by atoms with Gasteiger partial charge in [0.05, 0.1) is 15.9 Å². The maximum Gasteiger partial charge on any atom is 0.280 e. The molecule has 9 heteroatoms. The summed E-state index contributed by atoms with van der Waals surface area (Å²) in [6.07, 6.45) is -0.0805. The maximum atomic E-state index is 12.8. The van der Waals surface area contributed by atoms with E-state index >= 15 is 0 Å². The lowest BCUT2D eigenvalue weighted by Gasteiger charge is -2.08. The van der Waals surface area contributed by atoms with Crippen LogP contribution in [-0.4, -0.2) is 32.0 Å². The van der Waals surface area contributed by atoms with Crippen molar-refractivity contribution in [3.05, 3.63) is 33.8 Å². The van der Waals surface area contributed by atoms with Crippen molar-refractivity contribution in [2.45, 2.75) is 39.8 Å². The fourth-order valence-electron chi connectivity index (χ4n) is 2.14. The number of amides is 1. The van der Waals surface area contributed by atoms with Crippen LogP contribution in [0.2, 0.25) is 0 Å². The second-order valence-corrected chi connectivity index (χ2v) is 6.05. The SMILES string of the molecule is Cc1cc(C(F)F)n(CC(=O)NCCCn2cc(Br)c(C)n2)n1. The van der Waals surface area contributed by atoms with Gasteiger partial charge in [0, 0.05) is 19.3 Å². The molecule has 2 rings (SSSR count). The first kappa shape index (κ1) is 17.6. The minimum Gasteiger partial charge on any atom is -0.354 e. The van der Waals surface area contributed by atoms with Crippen molar-refractivity contribution in [3.63, 3.8) is 0 Å². The maximum absolute atomic E-state index is 12.8. The third kappa shape index (κ3) is 4.85. The monoisotopic (exact) mass is 389 g/mol. The molecule has 0 aliphatic carbocycles. The second kappa shape index (κ2) is 7.67. The third-order valence-electron chi connectivity index (χ3n) is 3.22. The number of hydrogen-bond acceptors (Lipinski definition) is 3. The summed E-state index contributed by atoms with van der Waals surface area (Å²) in [6, 6.07) is 1.29. The average Bonchev–Trinajstić information content (AvgIpc) is 2.98. The van der Waals surface area contributed by atoms with Gasteiger partial charge in [-0.2, -0.15) is 10.2 Å². The number of hydrogen-bond donors (Lipinski definition) is 1. The summed E-state index contributed by atoms with van der Waals surface area (Å²) >= 11 is 3.38. The summed E-state index contributed by atoms with van der Waals surface area (Å²) in [6.45, 7) is 4.41. The zero-order valence-corrected chi connectivity index (χ0v) is 14.5. The number of rotatable bonds is 7. The molecule has 0 radical (unpaired) electrons. The molecule has 1 amide bonds. The average molecular weight is 390 g/mol. The topological polar surface area (TPSA) is 64.7 Å². The zero-order valence-electron chi connectivity index (χ0n) is 12.9. The first-order valence-electron chi connectivity index (χ1n) is 7.15. The summed E-state index contributed by atoms with van der Waals surface area (Å²) in [7, 11) is 0. The highest BCUT2D eigenvalue weighted by Crippen LogP contribution is 2.19. The van der Waals surface area contributed by atoms with E-state index in [4.69, 9.17) is 0 Å². The molecule has 0 aromatic carbocycles. The van der Waals surface area contributed by atoms with Crippen LogP contribution in [0.4, 0.5) is 8.78 Å². The Morgan fingerprint density at radius 2 is 2.13 bits per heavy atom. The van der Waals surface area contributed by atoms with Crippen molar-refractivity contribution in [2.75, 3.05) is 6.54 Å². The van der Waals surface area contributed by atoms with Gasteiger partial charge in [0.15, 0.2) is 0 Å². The minimum absolute atomic E-state index is 0.208. The number of carbonyl (C=O) groups excluding carboxylic acids is 1. The number of aromatic nitrogens is 4. The van der Waals surface area contributed by atoms with E-state index in [0.29, 0.717) is 25.2 Å². The van der Waals surface area contributed by atoms with Crippen molar-refractivity contribution >= 4 is 21.8 Å². The van der Waals surface area contributed by atoms with E-state index in [0.717, 1.165) is 14.8 Å². The standard InChI is InChI=1S/C14H18BrF2N5O/c1-9-6-12(14(16)17)22(19-9)8-13(23)18-4-3-5-21-7-11(15)10(2)20-21/h6-7,14H,3-5,8H2,1-2H3,(H,18,23). The molecule has 2 aromatic rings. The van der Waals surface area contributed by atoms with E-state index in [1.54, 1.807) is 11.6 Å². The molecule has 0 saturated heterocycles. The summed E-state index contributed by atoms with van der Waals surface area (Å²) < 4.78 is 29.4. The van der Waals surface area contributed by atoms with Crippen molar-refractivity contribution in [3.8, 4) is 0 Å². The fourth-order valence-corrected chi connectivity index (χ4v) is 2.45. The highest BCUT2D eigenvalue weighted by Gasteiger charge is 2.17. The van der Waals surface area contributed by atoms with Gasteiger partial charge in [-0.25, -0.2) is 8.78 Å². The number of nitrogens with one attached hydrogen (secondary N) is 1. The van der Waals surface area contributed by atoms with Crippen LogP contribution in [0.15, 0.2) is 16.7 Å². The molecule has 0 aliphatic rings. The molecule has 23 heavy (non-hydrogen) atoms. The normalized spacial score (nSPS) is 11.2. The van der Waals surface area contributed by atoms with Crippen LogP contribution in [0.1, 0.15) is 29.9 Å². The summed E-state index contributed by atoms with van der Waals surface area (Å²) in [5.74, 6) is -0.340. The lowest BCUT2D eigenvalue weighted by molar-refractivity contribution is -0.121. The second-order valence-electron chi connectivity index (χ2n) is 5.20. The molecule has 6 nitrogen and oxygen atoms in total. The van der Waals surface area contributed by atoms with Gasteiger partial charge in [-0.3, -0.25) is 14.2 Å². The molecule has 0 unspecified atom stereocenters. The van der Waals surface area contributed by atoms with Crippen LogP contribution < -0.4 is 5.32 Å². The van der Waals surface area contributed by atoms with Gasteiger partial charge in [-0.15, -0.1) is 0 Å². The smallest absolute Gasteiger partial charge is 0.280 e. The molecule has 2 heterocycles. The van der Waals surface area contributed by atoms with E-state index in [-0.39, 0.29) is 18.1 Å². The van der Waals surface area contributed by atoms with Crippen LogP contribution >= 0.6 is 15.9 Å². The Balaban J connectivity index is 1.77. The molecular formula is C14H18BrF2N5O. The Hall–Kier alpha value is -1.77.